The molecule has 0 saturated carbocycles. The van der Waals surface area contributed by atoms with Crippen molar-refractivity contribution in [3.63, 3.8) is 0 Å². The first-order valence-electron chi connectivity index (χ1n) is 7.88. The lowest BCUT2D eigenvalue weighted by molar-refractivity contribution is 0.0951. The van der Waals surface area contributed by atoms with Crippen LogP contribution >= 0.6 is 27.3 Å². The summed E-state index contributed by atoms with van der Waals surface area (Å²) in [5.74, 6) is -0.248. The van der Waals surface area contributed by atoms with Crippen molar-refractivity contribution in [2.75, 3.05) is 0 Å². The Morgan fingerprint density at radius 2 is 1.89 bits per heavy atom. The molecule has 0 spiro atoms. The van der Waals surface area contributed by atoms with Crippen molar-refractivity contribution >= 4 is 43.2 Å². The maximum Gasteiger partial charge on any atom is 0.251 e. The zero-order chi connectivity index (χ0) is 19.8. The standard InChI is InChI=1S/C17H17BrN4O3S2/c1-10-16(18)11(2)22(21-10)13-5-3-12(4-6-13)17(23)20-9-14-7-8-15(26-14)27(19,24)25/h3-8H,9H2,1-2H3,(H,20,23)(H2,19,24,25). The molecule has 1 aromatic carbocycles. The Morgan fingerprint density at radius 3 is 2.41 bits per heavy atom. The van der Waals surface area contributed by atoms with Crippen molar-refractivity contribution in [3.8, 4) is 5.69 Å². The number of nitrogens with zero attached hydrogens (tertiary/aromatic N) is 2. The van der Waals surface area contributed by atoms with E-state index in [1.165, 1.54) is 6.07 Å². The first-order valence-corrected chi connectivity index (χ1v) is 11.0. The molecule has 0 aliphatic carbocycles. The summed E-state index contributed by atoms with van der Waals surface area (Å²) in [6, 6.07) is 10.2. The van der Waals surface area contributed by atoms with Crippen LogP contribution in [0.3, 0.4) is 0 Å². The van der Waals surface area contributed by atoms with Gasteiger partial charge in [0, 0.05) is 10.4 Å². The van der Waals surface area contributed by atoms with Crippen molar-refractivity contribution in [2.24, 2.45) is 5.14 Å². The number of aromatic nitrogens is 2. The largest absolute Gasteiger partial charge is 0.347 e. The minimum absolute atomic E-state index is 0.0761. The van der Waals surface area contributed by atoms with E-state index in [2.05, 4.69) is 26.3 Å². The van der Waals surface area contributed by atoms with Crippen LogP contribution in [0.15, 0.2) is 45.1 Å². The van der Waals surface area contributed by atoms with Gasteiger partial charge >= 0.3 is 0 Å². The quantitative estimate of drug-likeness (QED) is 0.599. The maximum absolute atomic E-state index is 12.3. The highest BCUT2D eigenvalue weighted by Crippen LogP contribution is 2.23. The molecule has 3 aromatic rings. The molecule has 0 aliphatic heterocycles. The zero-order valence-corrected chi connectivity index (χ0v) is 17.8. The Balaban J connectivity index is 1.69. The van der Waals surface area contributed by atoms with Crippen LogP contribution < -0.4 is 10.5 Å². The summed E-state index contributed by atoms with van der Waals surface area (Å²) in [6.07, 6.45) is 0. The average molecular weight is 469 g/mol. The topological polar surface area (TPSA) is 107 Å². The highest BCUT2D eigenvalue weighted by Gasteiger charge is 2.13. The third kappa shape index (κ3) is 4.29. The summed E-state index contributed by atoms with van der Waals surface area (Å²) in [4.78, 5) is 13.0. The molecule has 0 atom stereocenters. The molecule has 0 fully saturated rings. The van der Waals surface area contributed by atoms with Gasteiger partial charge in [0.2, 0.25) is 10.0 Å². The number of carbonyl (C=O) groups is 1. The van der Waals surface area contributed by atoms with E-state index < -0.39 is 10.0 Å². The van der Waals surface area contributed by atoms with Crippen LogP contribution in [0, 0.1) is 13.8 Å². The van der Waals surface area contributed by atoms with Gasteiger partial charge < -0.3 is 5.32 Å². The fourth-order valence-electron chi connectivity index (χ4n) is 2.50. The second-order valence-corrected chi connectivity index (χ2v) is 9.64. The predicted molar refractivity (Wildman–Crippen MR) is 108 cm³/mol. The Hall–Kier alpha value is -2.01. The molecule has 0 bridgehead atoms. The Bertz CT molecular complexity index is 1100. The van der Waals surface area contributed by atoms with Gasteiger partial charge in [-0.3, -0.25) is 4.79 Å². The third-order valence-electron chi connectivity index (χ3n) is 3.92. The monoisotopic (exact) mass is 468 g/mol. The molecule has 3 rings (SSSR count). The lowest BCUT2D eigenvalue weighted by Crippen LogP contribution is -2.22. The molecule has 3 N–H and O–H groups in total. The van der Waals surface area contributed by atoms with Crippen molar-refractivity contribution in [1.82, 2.24) is 15.1 Å². The molecule has 2 aromatic heterocycles. The van der Waals surface area contributed by atoms with Gasteiger partial charge in [-0.15, -0.1) is 11.3 Å². The van der Waals surface area contributed by atoms with E-state index in [0.717, 1.165) is 32.9 Å². The molecular formula is C17H17BrN4O3S2. The predicted octanol–water partition coefficient (Wildman–Crippen LogP) is 2.89. The minimum Gasteiger partial charge on any atom is -0.347 e. The number of rotatable bonds is 5. The number of aryl methyl sites for hydroxylation is 1. The zero-order valence-electron chi connectivity index (χ0n) is 14.6. The number of thiophene rings is 1. The molecular weight excluding hydrogens is 452 g/mol. The highest BCUT2D eigenvalue weighted by atomic mass is 79.9. The second kappa shape index (κ2) is 7.55. The summed E-state index contributed by atoms with van der Waals surface area (Å²) in [6.45, 7) is 4.11. The molecule has 0 unspecified atom stereocenters. The molecule has 27 heavy (non-hydrogen) atoms. The highest BCUT2D eigenvalue weighted by molar-refractivity contribution is 9.10. The van der Waals surface area contributed by atoms with Gasteiger partial charge in [0.05, 0.1) is 28.1 Å². The number of nitrogens with two attached hydrogens (primary N) is 1. The average Bonchev–Trinajstić information content (AvgIpc) is 3.21. The fraction of sp³-hybridized carbons (Fsp3) is 0.176. The van der Waals surface area contributed by atoms with E-state index in [1.807, 2.05) is 30.7 Å². The van der Waals surface area contributed by atoms with Gasteiger partial charge in [0.15, 0.2) is 0 Å². The number of nitrogens with one attached hydrogen (secondary N) is 1. The molecule has 2 heterocycles. The lowest BCUT2D eigenvalue weighted by Gasteiger charge is -2.07. The van der Waals surface area contributed by atoms with E-state index in [1.54, 1.807) is 18.2 Å². The summed E-state index contributed by atoms with van der Waals surface area (Å²) >= 11 is 4.54. The molecule has 10 heteroatoms. The number of hydrogen-bond donors (Lipinski definition) is 2. The van der Waals surface area contributed by atoms with Gasteiger partial charge in [0.1, 0.15) is 4.21 Å². The van der Waals surface area contributed by atoms with Crippen LogP contribution in [0.25, 0.3) is 5.69 Å². The van der Waals surface area contributed by atoms with E-state index in [0.29, 0.717) is 10.4 Å². The summed E-state index contributed by atoms with van der Waals surface area (Å²) in [5, 5.41) is 12.3. The van der Waals surface area contributed by atoms with Gasteiger partial charge in [-0.2, -0.15) is 5.10 Å². The van der Waals surface area contributed by atoms with Crippen molar-refractivity contribution < 1.29 is 13.2 Å². The third-order valence-corrected chi connectivity index (χ3v) is 7.59. The van der Waals surface area contributed by atoms with Crippen LogP contribution in [0.5, 0.6) is 0 Å². The number of amides is 1. The van der Waals surface area contributed by atoms with Gasteiger partial charge in [-0.1, -0.05) is 0 Å². The molecule has 0 saturated heterocycles. The Kier molecular flexibility index (Phi) is 5.52. The fourth-order valence-corrected chi connectivity index (χ4v) is 4.47. The Morgan fingerprint density at radius 1 is 1.22 bits per heavy atom. The second-order valence-electron chi connectivity index (χ2n) is 5.89. The van der Waals surface area contributed by atoms with Crippen molar-refractivity contribution in [1.29, 1.82) is 0 Å². The van der Waals surface area contributed by atoms with Crippen LogP contribution in [-0.2, 0) is 16.6 Å². The minimum atomic E-state index is -3.71. The number of carbonyl (C=O) groups excluding carboxylic acids is 1. The van der Waals surface area contributed by atoms with Crippen LogP contribution in [-0.4, -0.2) is 24.1 Å². The van der Waals surface area contributed by atoms with Crippen LogP contribution in [0.1, 0.15) is 26.6 Å². The number of sulfonamides is 1. The number of hydrogen-bond acceptors (Lipinski definition) is 5. The Labute approximate surface area is 169 Å². The van der Waals surface area contributed by atoms with Crippen LogP contribution in [0.2, 0.25) is 0 Å². The maximum atomic E-state index is 12.3. The van der Waals surface area contributed by atoms with E-state index in [9.17, 15) is 13.2 Å². The first-order chi connectivity index (χ1) is 12.7. The van der Waals surface area contributed by atoms with Gasteiger partial charge in [-0.05, 0) is 66.2 Å². The summed E-state index contributed by atoms with van der Waals surface area (Å²) < 4.78 is 25.4. The SMILES string of the molecule is Cc1nn(-c2ccc(C(=O)NCc3ccc(S(N)(=O)=O)s3)cc2)c(C)c1Br. The molecule has 142 valence electrons. The number of halogens is 1. The van der Waals surface area contributed by atoms with Crippen LogP contribution in [0.4, 0.5) is 0 Å². The van der Waals surface area contributed by atoms with Crippen molar-refractivity contribution in [2.45, 2.75) is 24.6 Å². The first kappa shape index (κ1) is 19.7. The van der Waals surface area contributed by atoms with E-state index in [4.69, 9.17) is 5.14 Å². The normalized spacial score (nSPS) is 11.6. The van der Waals surface area contributed by atoms with E-state index in [-0.39, 0.29) is 16.7 Å². The van der Waals surface area contributed by atoms with Crippen molar-refractivity contribution in [3.05, 3.63) is 62.7 Å². The molecule has 7 nitrogen and oxygen atoms in total. The van der Waals surface area contributed by atoms with Gasteiger partial charge in [-0.25, -0.2) is 18.2 Å². The summed E-state index contributed by atoms with van der Waals surface area (Å²) in [7, 11) is -3.71. The molecule has 0 radical (unpaired) electrons. The number of benzene rings is 1. The molecule has 1 amide bonds. The summed E-state index contributed by atoms with van der Waals surface area (Å²) in [5.41, 5.74) is 3.23. The molecule has 0 aliphatic rings. The van der Waals surface area contributed by atoms with Gasteiger partial charge in [0.25, 0.3) is 5.91 Å². The number of primary sulfonamides is 1. The lowest BCUT2D eigenvalue weighted by atomic mass is 10.2. The van der Waals surface area contributed by atoms with E-state index >= 15 is 0 Å². The smallest absolute Gasteiger partial charge is 0.251 e.